The van der Waals surface area contributed by atoms with Crippen LogP contribution in [-0.4, -0.2) is 44.2 Å². The number of nitrogens with zero attached hydrogens (tertiary/aromatic N) is 1. The first kappa shape index (κ1) is 18.1. The van der Waals surface area contributed by atoms with Crippen molar-refractivity contribution in [2.24, 2.45) is 0 Å². The van der Waals surface area contributed by atoms with E-state index in [0.29, 0.717) is 6.42 Å². The Labute approximate surface area is 154 Å². The number of anilines is 1. The van der Waals surface area contributed by atoms with Crippen LogP contribution in [0.2, 0.25) is 0 Å². The van der Waals surface area contributed by atoms with E-state index in [1.54, 1.807) is 14.2 Å². The maximum absolute atomic E-state index is 12.7. The van der Waals surface area contributed by atoms with Crippen molar-refractivity contribution in [3.63, 3.8) is 0 Å². The molecule has 0 aromatic heterocycles. The number of carbonyl (C=O) groups excluding carboxylic acids is 1. The van der Waals surface area contributed by atoms with E-state index < -0.39 is 0 Å². The number of amides is 1. The highest BCUT2D eigenvalue weighted by Crippen LogP contribution is 2.20. The Kier molecular flexibility index (Phi) is 6.00. The lowest BCUT2D eigenvalue weighted by molar-refractivity contribution is -0.131. The predicted octanol–water partition coefficient (Wildman–Crippen LogP) is 3.35. The highest BCUT2D eigenvalue weighted by Gasteiger charge is 2.23. The summed E-state index contributed by atoms with van der Waals surface area (Å²) in [5.41, 5.74) is 2.04. The zero-order valence-corrected chi connectivity index (χ0v) is 15.4. The van der Waals surface area contributed by atoms with Crippen molar-refractivity contribution in [1.82, 2.24) is 4.90 Å². The molecule has 1 amide bonds. The van der Waals surface area contributed by atoms with Crippen molar-refractivity contribution in [2.75, 3.05) is 32.6 Å². The van der Waals surface area contributed by atoms with E-state index in [0.717, 1.165) is 48.7 Å². The van der Waals surface area contributed by atoms with Gasteiger partial charge in [-0.05, 0) is 54.8 Å². The SMILES string of the molecule is COc1ccc(N[C@H]2CCCN(C(=O)Cc3cccc(OC)c3)C2)cc1. The third-order valence-corrected chi connectivity index (χ3v) is 4.72. The lowest BCUT2D eigenvalue weighted by atomic mass is 10.0. The third kappa shape index (κ3) is 4.69. The van der Waals surface area contributed by atoms with Crippen LogP contribution in [-0.2, 0) is 11.2 Å². The number of piperidine rings is 1. The summed E-state index contributed by atoms with van der Waals surface area (Å²) < 4.78 is 10.4. The fourth-order valence-electron chi connectivity index (χ4n) is 3.31. The van der Waals surface area contributed by atoms with Crippen LogP contribution < -0.4 is 14.8 Å². The largest absolute Gasteiger partial charge is 0.497 e. The molecule has 26 heavy (non-hydrogen) atoms. The minimum atomic E-state index is 0.166. The number of likely N-dealkylation sites (tertiary alicyclic amines) is 1. The van der Waals surface area contributed by atoms with Crippen molar-refractivity contribution in [3.05, 3.63) is 54.1 Å². The molecule has 0 bridgehead atoms. The summed E-state index contributed by atoms with van der Waals surface area (Å²) in [6.07, 6.45) is 2.49. The highest BCUT2D eigenvalue weighted by atomic mass is 16.5. The molecule has 2 aromatic carbocycles. The Bertz CT molecular complexity index is 730. The number of methoxy groups -OCH3 is 2. The standard InChI is InChI=1S/C21H26N2O3/c1-25-19-10-8-17(9-11-19)22-18-6-4-12-23(15-18)21(24)14-16-5-3-7-20(13-16)26-2/h3,5,7-11,13,18,22H,4,6,12,14-15H2,1-2H3/t18-/m0/s1. The minimum absolute atomic E-state index is 0.166. The molecule has 0 radical (unpaired) electrons. The second-order valence-corrected chi connectivity index (χ2v) is 6.58. The smallest absolute Gasteiger partial charge is 0.227 e. The van der Waals surface area contributed by atoms with Gasteiger partial charge in [-0.25, -0.2) is 0 Å². The van der Waals surface area contributed by atoms with Crippen molar-refractivity contribution in [1.29, 1.82) is 0 Å². The Hall–Kier alpha value is -2.69. The number of carbonyl (C=O) groups is 1. The fourth-order valence-corrected chi connectivity index (χ4v) is 3.31. The number of benzene rings is 2. The Balaban J connectivity index is 1.57. The Morgan fingerprint density at radius 3 is 2.62 bits per heavy atom. The van der Waals surface area contributed by atoms with Gasteiger partial charge in [-0.3, -0.25) is 4.79 Å². The van der Waals surface area contributed by atoms with Crippen LogP contribution in [0.4, 0.5) is 5.69 Å². The molecular weight excluding hydrogens is 328 g/mol. The van der Waals surface area contributed by atoms with Crippen LogP contribution >= 0.6 is 0 Å². The molecule has 5 nitrogen and oxygen atoms in total. The van der Waals surface area contributed by atoms with Crippen LogP contribution in [0.1, 0.15) is 18.4 Å². The van der Waals surface area contributed by atoms with E-state index >= 15 is 0 Å². The Morgan fingerprint density at radius 2 is 1.88 bits per heavy atom. The average molecular weight is 354 g/mol. The van der Waals surface area contributed by atoms with E-state index in [1.807, 2.05) is 53.4 Å². The van der Waals surface area contributed by atoms with Gasteiger partial charge in [-0.15, -0.1) is 0 Å². The summed E-state index contributed by atoms with van der Waals surface area (Å²) in [7, 11) is 3.30. The van der Waals surface area contributed by atoms with Gasteiger partial charge in [0.1, 0.15) is 11.5 Å². The normalized spacial score (nSPS) is 16.8. The summed E-state index contributed by atoms with van der Waals surface area (Å²) in [5.74, 6) is 1.79. The van der Waals surface area contributed by atoms with Crippen LogP contribution in [0.5, 0.6) is 11.5 Å². The predicted molar refractivity (Wildman–Crippen MR) is 103 cm³/mol. The lowest BCUT2D eigenvalue weighted by Crippen LogP contribution is -2.45. The zero-order chi connectivity index (χ0) is 18.4. The number of nitrogens with one attached hydrogen (secondary N) is 1. The van der Waals surface area contributed by atoms with Crippen LogP contribution in [0, 0.1) is 0 Å². The van der Waals surface area contributed by atoms with Crippen LogP contribution in [0.25, 0.3) is 0 Å². The summed E-state index contributed by atoms with van der Waals surface area (Å²) in [6.45, 7) is 1.55. The van der Waals surface area contributed by atoms with E-state index in [-0.39, 0.29) is 11.9 Å². The third-order valence-electron chi connectivity index (χ3n) is 4.72. The van der Waals surface area contributed by atoms with E-state index in [4.69, 9.17) is 9.47 Å². The van der Waals surface area contributed by atoms with Gasteiger partial charge in [0.2, 0.25) is 5.91 Å². The van der Waals surface area contributed by atoms with Gasteiger partial charge in [0, 0.05) is 24.8 Å². The minimum Gasteiger partial charge on any atom is -0.497 e. The average Bonchev–Trinajstić information content (AvgIpc) is 2.69. The van der Waals surface area contributed by atoms with E-state index in [1.165, 1.54) is 0 Å². The van der Waals surface area contributed by atoms with Gasteiger partial charge in [0.15, 0.2) is 0 Å². The molecule has 1 atom stereocenters. The van der Waals surface area contributed by atoms with Gasteiger partial charge in [-0.2, -0.15) is 0 Å². The summed E-state index contributed by atoms with van der Waals surface area (Å²) in [4.78, 5) is 14.7. The van der Waals surface area contributed by atoms with E-state index in [2.05, 4.69) is 5.32 Å². The number of ether oxygens (including phenoxy) is 2. The van der Waals surface area contributed by atoms with E-state index in [9.17, 15) is 4.79 Å². The quantitative estimate of drug-likeness (QED) is 0.864. The summed E-state index contributed by atoms with van der Waals surface area (Å²) in [6, 6.07) is 15.9. The first-order chi connectivity index (χ1) is 12.7. The van der Waals surface area contributed by atoms with Gasteiger partial charge in [-0.1, -0.05) is 12.1 Å². The lowest BCUT2D eigenvalue weighted by Gasteiger charge is -2.34. The second kappa shape index (κ2) is 8.61. The van der Waals surface area contributed by atoms with Gasteiger partial charge in [0.25, 0.3) is 0 Å². The molecule has 2 aromatic rings. The molecule has 1 N–H and O–H groups in total. The first-order valence-electron chi connectivity index (χ1n) is 8.99. The number of hydrogen-bond donors (Lipinski definition) is 1. The second-order valence-electron chi connectivity index (χ2n) is 6.58. The van der Waals surface area contributed by atoms with Crippen molar-refractivity contribution >= 4 is 11.6 Å². The molecule has 1 heterocycles. The monoisotopic (exact) mass is 354 g/mol. The molecule has 0 saturated carbocycles. The summed E-state index contributed by atoms with van der Waals surface area (Å²) in [5, 5.41) is 3.53. The van der Waals surface area contributed by atoms with Crippen molar-refractivity contribution in [3.8, 4) is 11.5 Å². The molecule has 1 aliphatic rings. The maximum atomic E-state index is 12.7. The maximum Gasteiger partial charge on any atom is 0.227 e. The molecular formula is C21H26N2O3. The topological polar surface area (TPSA) is 50.8 Å². The van der Waals surface area contributed by atoms with Crippen molar-refractivity contribution in [2.45, 2.75) is 25.3 Å². The number of hydrogen-bond acceptors (Lipinski definition) is 4. The Morgan fingerprint density at radius 1 is 1.12 bits per heavy atom. The van der Waals surface area contributed by atoms with Gasteiger partial charge < -0.3 is 19.7 Å². The van der Waals surface area contributed by atoms with Gasteiger partial charge >= 0.3 is 0 Å². The highest BCUT2D eigenvalue weighted by molar-refractivity contribution is 5.79. The molecule has 5 heteroatoms. The first-order valence-corrected chi connectivity index (χ1v) is 8.99. The molecule has 0 spiro atoms. The number of rotatable bonds is 6. The van der Waals surface area contributed by atoms with Gasteiger partial charge in [0.05, 0.1) is 20.6 Å². The molecule has 0 unspecified atom stereocenters. The molecule has 1 saturated heterocycles. The molecule has 1 fully saturated rings. The van der Waals surface area contributed by atoms with Crippen LogP contribution in [0.15, 0.2) is 48.5 Å². The molecule has 0 aliphatic carbocycles. The molecule has 1 aliphatic heterocycles. The molecule has 3 rings (SSSR count). The molecule has 138 valence electrons. The van der Waals surface area contributed by atoms with Crippen molar-refractivity contribution < 1.29 is 14.3 Å². The fraction of sp³-hybridized carbons (Fsp3) is 0.381. The summed E-state index contributed by atoms with van der Waals surface area (Å²) >= 11 is 0. The van der Waals surface area contributed by atoms with Crippen LogP contribution in [0.3, 0.4) is 0 Å². The zero-order valence-electron chi connectivity index (χ0n) is 15.4.